The Balaban J connectivity index is 1.55. The van der Waals surface area contributed by atoms with Crippen LogP contribution >= 0.6 is 0 Å². The summed E-state index contributed by atoms with van der Waals surface area (Å²) >= 11 is 0. The standard InChI is InChI=1S/C31H36O10/c1-14(2)25(34)37-22-17(6)30-19-12-16(5)21(33)28(19,36)26(35)27(13-32)23(38-27)20(30)24-29(22,15(3)4)40-31(39-24,41-30)18-10-8-7-9-11-18/h7-12,14,17,19-20,22-24,26,32,35-36H,3,13H2,1-2,4-6H3/t17-,19-,20+,22-,23+,24-,26-,27+,28-,29+,30+,31?/m1/s1. The zero-order valence-corrected chi connectivity index (χ0v) is 23.7. The van der Waals surface area contributed by atoms with Crippen molar-refractivity contribution in [1.29, 1.82) is 0 Å². The van der Waals surface area contributed by atoms with E-state index in [1.54, 1.807) is 45.9 Å². The van der Waals surface area contributed by atoms with Crippen molar-refractivity contribution in [3.05, 3.63) is 59.7 Å². The summed E-state index contributed by atoms with van der Waals surface area (Å²) in [6.45, 7) is 12.3. The lowest BCUT2D eigenvalue weighted by molar-refractivity contribution is -0.440. The van der Waals surface area contributed by atoms with Crippen molar-refractivity contribution in [2.45, 2.75) is 87.4 Å². The smallest absolute Gasteiger partial charge is 0.314 e. The Kier molecular flexibility index (Phi) is 5.44. The number of carbonyl (C=O) groups excluding carboxylic acids is 2. The van der Waals surface area contributed by atoms with Crippen LogP contribution in [-0.4, -0.2) is 80.5 Å². The second-order valence-electron chi connectivity index (χ2n) is 13.0. The molecule has 10 nitrogen and oxygen atoms in total. The molecule has 10 heteroatoms. The summed E-state index contributed by atoms with van der Waals surface area (Å²) in [5.74, 6) is -6.04. The molecule has 0 radical (unpaired) electrons. The van der Waals surface area contributed by atoms with Crippen LogP contribution < -0.4 is 0 Å². The molecule has 7 rings (SSSR count). The zero-order chi connectivity index (χ0) is 29.5. The molecule has 1 aromatic carbocycles. The monoisotopic (exact) mass is 568 g/mol. The molecule has 3 aliphatic heterocycles. The van der Waals surface area contributed by atoms with Gasteiger partial charge in [-0.1, -0.05) is 63.8 Å². The third-order valence-electron chi connectivity index (χ3n) is 10.6. The van der Waals surface area contributed by atoms with Crippen LogP contribution in [0.3, 0.4) is 0 Å². The van der Waals surface area contributed by atoms with E-state index >= 15 is 0 Å². The number of benzene rings is 1. The van der Waals surface area contributed by atoms with Gasteiger partial charge in [0, 0.05) is 23.3 Å². The molecule has 2 saturated carbocycles. The van der Waals surface area contributed by atoms with Crippen molar-refractivity contribution in [3.8, 4) is 0 Å². The van der Waals surface area contributed by atoms with Gasteiger partial charge in [0.15, 0.2) is 17.0 Å². The van der Waals surface area contributed by atoms with Crippen LogP contribution in [0.25, 0.3) is 0 Å². The molecule has 3 aliphatic carbocycles. The topological polar surface area (TPSA) is 144 Å². The molecule has 0 aromatic heterocycles. The average Bonchev–Trinajstić information content (AvgIpc) is 3.57. The Morgan fingerprint density at radius 3 is 2.44 bits per heavy atom. The molecule has 1 unspecified atom stereocenters. The van der Waals surface area contributed by atoms with Gasteiger partial charge in [-0.15, -0.1) is 0 Å². The highest BCUT2D eigenvalue weighted by atomic mass is 16.9. The SMILES string of the molecule is C=C(C)[C@@]12OC3(c4ccccc4)O[C@@H]1[C@@H]1[C@@H]4O[C@]4(CO)[C@@H](O)[C@]4(O)C(=O)C(C)=C[C@H]4[C@@]1(O3)[C@H](C)[C@H]2OC(=O)C(C)C. The van der Waals surface area contributed by atoms with E-state index in [4.69, 9.17) is 23.7 Å². The first-order valence-corrected chi connectivity index (χ1v) is 14.2. The predicted octanol–water partition coefficient (Wildman–Crippen LogP) is 1.51. The van der Waals surface area contributed by atoms with Gasteiger partial charge < -0.3 is 39.0 Å². The van der Waals surface area contributed by atoms with E-state index in [0.717, 1.165) is 0 Å². The number of aliphatic hydroxyl groups excluding tert-OH is 2. The number of carbonyl (C=O) groups is 2. The number of rotatable bonds is 5. The molecule has 41 heavy (non-hydrogen) atoms. The molecule has 6 aliphatic rings. The van der Waals surface area contributed by atoms with Gasteiger partial charge in [-0.2, -0.15) is 0 Å². The number of esters is 1. The van der Waals surface area contributed by atoms with Gasteiger partial charge in [-0.25, -0.2) is 0 Å². The second kappa shape index (κ2) is 8.13. The van der Waals surface area contributed by atoms with Gasteiger partial charge in [-0.3, -0.25) is 9.59 Å². The maximum atomic E-state index is 13.7. The highest BCUT2D eigenvalue weighted by Gasteiger charge is 2.90. The normalized spacial score (nSPS) is 50.5. The van der Waals surface area contributed by atoms with Crippen LogP contribution in [0, 0.1) is 23.7 Å². The fourth-order valence-electron chi connectivity index (χ4n) is 8.57. The maximum Gasteiger partial charge on any atom is 0.314 e. The third-order valence-corrected chi connectivity index (χ3v) is 10.6. The Labute approximate surface area is 237 Å². The van der Waals surface area contributed by atoms with E-state index in [0.29, 0.717) is 11.1 Å². The Hall–Kier alpha value is -2.44. The summed E-state index contributed by atoms with van der Waals surface area (Å²) in [7, 11) is 0. The number of fused-ring (bicyclic) bond motifs is 3. The largest absolute Gasteiger partial charge is 0.458 e. The van der Waals surface area contributed by atoms with Crippen LogP contribution in [0.1, 0.15) is 40.2 Å². The van der Waals surface area contributed by atoms with Crippen LogP contribution in [0.15, 0.2) is 54.1 Å². The van der Waals surface area contributed by atoms with Crippen molar-refractivity contribution in [2.75, 3.05) is 6.61 Å². The minimum absolute atomic E-state index is 0.244. The summed E-state index contributed by atoms with van der Waals surface area (Å²) < 4.78 is 33.1. The maximum absolute atomic E-state index is 13.7. The Morgan fingerprint density at radius 2 is 1.83 bits per heavy atom. The van der Waals surface area contributed by atoms with Crippen LogP contribution in [0.2, 0.25) is 0 Å². The number of ketones is 1. The first-order valence-electron chi connectivity index (χ1n) is 14.2. The predicted molar refractivity (Wildman–Crippen MR) is 141 cm³/mol. The van der Waals surface area contributed by atoms with Crippen LogP contribution in [-0.2, 0) is 39.2 Å². The molecule has 1 aromatic rings. The van der Waals surface area contributed by atoms with Crippen molar-refractivity contribution in [2.24, 2.45) is 23.7 Å². The lowest BCUT2D eigenvalue weighted by Gasteiger charge is -2.61. The van der Waals surface area contributed by atoms with E-state index in [2.05, 4.69) is 6.58 Å². The molecule has 12 atom stereocenters. The van der Waals surface area contributed by atoms with Crippen molar-refractivity contribution >= 4 is 11.8 Å². The van der Waals surface area contributed by atoms with E-state index in [1.165, 1.54) is 0 Å². The van der Waals surface area contributed by atoms with Gasteiger partial charge in [-0.05, 0) is 25.0 Å². The number of hydrogen-bond donors (Lipinski definition) is 3. The lowest BCUT2D eigenvalue weighted by Crippen LogP contribution is -2.76. The quantitative estimate of drug-likeness (QED) is 0.272. The summed E-state index contributed by atoms with van der Waals surface area (Å²) in [5.41, 5.74) is -5.68. The molecule has 0 spiro atoms. The zero-order valence-electron chi connectivity index (χ0n) is 23.7. The van der Waals surface area contributed by atoms with Gasteiger partial charge in [0.1, 0.15) is 30.0 Å². The number of aliphatic hydroxyl groups is 3. The molecule has 3 bridgehead atoms. The highest BCUT2D eigenvalue weighted by Crippen LogP contribution is 2.74. The third kappa shape index (κ3) is 2.87. The second-order valence-corrected chi connectivity index (χ2v) is 13.0. The van der Waals surface area contributed by atoms with Crippen LogP contribution in [0.5, 0.6) is 0 Å². The number of Topliss-reactive ketones (excluding diaryl/α,β-unsaturated/α-hetero) is 1. The number of epoxide rings is 1. The molecule has 5 fully saturated rings. The van der Waals surface area contributed by atoms with E-state index in [9.17, 15) is 24.9 Å². The van der Waals surface area contributed by atoms with Gasteiger partial charge >= 0.3 is 11.9 Å². The lowest BCUT2D eigenvalue weighted by atomic mass is 9.53. The summed E-state index contributed by atoms with van der Waals surface area (Å²) in [5, 5.41) is 34.6. The molecule has 220 valence electrons. The first kappa shape index (κ1) is 27.4. The first-order chi connectivity index (χ1) is 19.3. The van der Waals surface area contributed by atoms with Gasteiger partial charge in [0.2, 0.25) is 0 Å². The van der Waals surface area contributed by atoms with Crippen LogP contribution in [0.4, 0.5) is 0 Å². The molecule has 3 heterocycles. The molecule has 0 amide bonds. The Bertz CT molecular complexity index is 1390. The van der Waals surface area contributed by atoms with E-state index < -0.39 is 94.8 Å². The number of ether oxygens (including phenoxy) is 5. The van der Waals surface area contributed by atoms with Gasteiger partial charge in [0.25, 0.3) is 0 Å². The summed E-state index contributed by atoms with van der Waals surface area (Å²) in [4.78, 5) is 26.9. The summed E-state index contributed by atoms with van der Waals surface area (Å²) in [6.07, 6.45) is -2.93. The average molecular weight is 569 g/mol. The highest BCUT2D eigenvalue weighted by molar-refractivity contribution is 6.05. The van der Waals surface area contributed by atoms with E-state index in [-0.39, 0.29) is 5.57 Å². The van der Waals surface area contributed by atoms with Crippen molar-refractivity contribution in [3.63, 3.8) is 0 Å². The fourth-order valence-corrected chi connectivity index (χ4v) is 8.57. The van der Waals surface area contributed by atoms with Gasteiger partial charge in [0.05, 0.1) is 18.1 Å². The molecular formula is C31H36O10. The van der Waals surface area contributed by atoms with Crippen molar-refractivity contribution in [1.82, 2.24) is 0 Å². The number of hydrogen-bond acceptors (Lipinski definition) is 10. The molecule has 3 N–H and O–H groups in total. The molecular weight excluding hydrogens is 532 g/mol. The Morgan fingerprint density at radius 1 is 1.15 bits per heavy atom. The summed E-state index contributed by atoms with van der Waals surface area (Å²) in [6, 6.07) is 9.03. The minimum atomic E-state index is -2.39. The van der Waals surface area contributed by atoms with Crippen molar-refractivity contribution < 1.29 is 48.6 Å². The fraction of sp³-hybridized carbons (Fsp3) is 0.613. The molecule has 3 saturated heterocycles. The van der Waals surface area contributed by atoms with E-state index in [1.807, 2.05) is 25.1 Å². The minimum Gasteiger partial charge on any atom is -0.458 e.